The molecule has 1 aliphatic rings. The molecule has 1 aliphatic heterocycles. The van der Waals surface area contributed by atoms with Crippen molar-refractivity contribution in [3.05, 3.63) is 36.0 Å². The van der Waals surface area contributed by atoms with E-state index in [1.54, 1.807) is 11.0 Å². The highest BCUT2D eigenvalue weighted by Gasteiger charge is 2.21. The van der Waals surface area contributed by atoms with Gasteiger partial charge in [-0.1, -0.05) is 18.2 Å². The molecule has 26 heavy (non-hydrogen) atoms. The Labute approximate surface area is 150 Å². The minimum atomic E-state index is -0.609. The van der Waals surface area contributed by atoms with E-state index < -0.39 is 18.5 Å². The van der Waals surface area contributed by atoms with Gasteiger partial charge in [0.05, 0.1) is 19.8 Å². The summed E-state index contributed by atoms with van der Waals surface area (Å²) < 4.78 is 10.3. The molecule has 0 spiro atoms. The Balaban J connectivity index is 1.49. The summed E-state index contributed by atoms with van der Waals surface area (Å²) in [5.41, 5.74) is 1.10. The third-order valence-electron chi connectivity index (χ3n) is 4.24. The first-order chi connectivity index (χ1) is 12.5. The summed E-state index contributed by atoms with van der Waals surface area (Å²) in [7, 11) is 1.51. The van der Waals surface area contributed by atoms with Crippen LogP contribution >= 0.6 is 0 Å². The number of carbonyl (C=O) groups is 3. The number of para-hydroxylation sites is 1. The molecular weight excluding hydrogens is 338 g/mol. The molecule has 8 heteroatoms. The number of ether oxygens (including phenoxy) is 2. The van der Waals surface area contributed by atoms with E-state index in [2.05, 4.69) is 4.98 Å². The monoisotopic (exact) mass is 359 g/mol. The number of esters is 1. The number of fused-ring (bicyclic) bond motifs is 1. The fraction of sp³-hybridized carbons (Fsp3) is 0.389. The maximum atomic E-state index is 12.1. The smallest absolute Gasteiger partial charge is 0.355 e. The van der Waals surface area contributed by atoms with Gasteiger partial charge in [-0.05, 0) is 12.1 Å². The summed E-state index contributed by atoms with van der Waals surface area (Å²) in [4.78, 5) is 42.2. The van der Waals surface area contributed by atoms with E-state index >= 15 is 0 Å². The Morgan fingerprint density at radius 2 is 1.96 bits per heavy atom. The molecule has 1 aromatic heterocycles. The Morgan fingerprint density at radius 1 is 1.23 bits per heavy atom. The molecule has 2 amide bonds. The predicted molar refractivity (Wildman–Crippen MR) is 93.6 cm³/mol. The van der Waals surface area contributed by atoms with Crippen molar-refractivity contribution < 1.29 is 23.9 Å². The fourth-order valence-corrected chi connectivity index (χ4v) is 2.70. The predicted octanol–water partition coefficient (Wildman–Crippen LogP) is 0.642. The van der Waals surface area contributed by atoms with Crippen LogP contribution in [0.15, 0.2) is 30.3 Å². The summed E-state index contributed by atoms with van der Waals surface area (Å²) in [5.74, 6) is -1.19. The van der Waals surface area contributed by atoms with E-state index in [1.807, 2.05) is 24.3 Å². The van der Waals surface area contributed by atoms with Crippen molar-refractivity contribution >= 4 is 28.7 Å². The number of morpholine rings is 1. The number of hydrogen-bond acceptors (Lipinski definition) is 5. The number of aromatic amines is 1. The number of hydrogen-bond donors (Lipinski definition) is 1. The second-order valence-corrected chi connectivity index (χ2v) is 6.09. The third kappa shape index (κ3) is 4.20. The molecule has 2 heterocycles. The summed E-state index contributed by atoms with van der Waals surface area (Å²) >= 11 is 0. The van der Waals surface area contributed by atoms with Gasteiger partial charge in [0.15, 0.2) is 6.61 Å². The van der Waals surface area contributed by atoms with Crippen LogP contribution in [0.2, 0.25) is 0 Å². The SMILES string of the molecule is CN(CC(=O)N1CCOCC1)C(=O)COC(=O)c1cc2ccccc2[nH]1. The molecule has 1 saturated heterocycles. The van der Waals surface area contributed by atoms with Crippen molar-refractivity contribution in [2.75, 3.05) is 46.5 Å². The lowest BCUT2D eigenvalue weighted by molar-refractivity contribution is -0.143. The highest BCUT2D eigenvalue weighted by atomic mass is 16.5. The van der Waals surface area contributed by atoms with E-state index in [0.717, 1.165) is 10.9 Å². The van der Waals surface area contributed by atoms with Gasteiger partial charge in [0.1, 0.15) is 5.69 Å². The van der Waals surface area contributed by atoms with Crippen LogP contribution in [-0.4, -0.2) is 79.1 Å². The summed E-state index contributed by atoms with van der Waals surface area (Å²) in [5, 5.41) is 0.888. The molecule has 0 unspecified atom stereocenters. The average Bonchev–Trinajstić information content (AvgIpc) is 3.10. The number of rotatable bonds is 5. The van der Waals surface area contributed by atoms with Crippen LogP contribution in [0.3, 0.4) is 0 Å². The number of H-pyrrole nitrogens is 1. The number of nitrogens with one attached hydrogen (secondary N) is 1. The van der Waals surface area contributed by atoms with Crippen LogP contribution in [0.25, 0.3) is 10.9 Å². The summed E-state index contributed by atoms with van der Waals surface area (Å²) in [6, 6.07) is 9.13. The Kier molecular flexibility index (Phi) is 5.52. The zero-order chi connectivity index (χ0) is 18.5. The molecule has 138 valence electrons. The van der Waals surface area contributed by atoms with Gasteiger partial charge >= 0.3 is 5.97 Å². The van der Waals surface area contributed by atoms with Crippen LogP contribution in [0, 0.1) is 0 Å². The largest absolute Gasteiger partial charge is 0.451 e. The number of benzene rings is 1. The van der Waals surface area contributed by atoms with E-state index in [1.165, 1.54) is 11.9 Å². The van der Waals surface area contributed by atoms with Crippen LogP contribution in [0.4, 0.5) is 0 Å². The number of likely N-dealkylation sites (N-methyl/N-ethyl adjacent to an activating group) is 1. The zero-order valence-electron chi connectivity index (χ0n) is 14.6. The van der Waals surface area contributed by atoms with E-state index in [9.17, 15) is 14.4 Å². The van der Waals surface area contributed by atoms with Crippen molar-refractivity contribution in [1.82, 2.24) is 14.8 Å². The Hall–Kier alpha value is -2.87. The second kappa shape index (κ2) is 8.01. The number of nitrogens with zero attached hydrogens (tertiary/aromatic N) is 2. The first-order valence-corrected chi connectivity index (χ1v) is 8.39. The average molecular weight is 359 g/mol. The molecule has 1 fully saturated rings. The van der Waals surface area contributed by atoms with Gasteiger partial charge in [-0.2, -0.15) is 0 Å². The van der Waals surface area contributed by atoms with Crippen LogP contribution in [0.5, 0.6) is 0 Å². The Bertz CT molecular complexity index is 777. The van der Waals surface area contributed by atoms with Crippen LogP contribution < -0.4 is 0 Å². The maximum Gasteiger partial charge on any atom is 0.355 e. The van der Waals surface area contributed by atoms with Crippen molar-refractivity contribution in [3.63, 3.8) is 0 Å². The molecule has 3 rings (SSSR count). The number of carbonyl (C=O) groups excluding carboxylic acids is 3. The van der Waals surface area contributed by atoms with Gasteiger partial charge in [-0.25, -0.2) is 4.79 Å². The molecule has 0 bridgehead atoms. The Morgan fingerprint density at radius 3 is 2.69 bits per heavy atom. The summed E-state index contributed by atoms with van der Waals surface area (Å²) in [6.07, 6.45) is 0. The van der Waals surface area contributed by atoms with Crippen LogP contribution in [-0.2, 0) is 19.1 Å². The van der Waals surface area contributed by atoms with E-state index in [4.69, 9.17) is 9.47 Å². The van der Waals surface area contributed by atoms with Gasteiger partial charge < -0.3 is 24.3 Å². The molecule has 1 N–H and O–H groups in total. The standard InChI is InChI=1S/C18H21N3O5/c1-20(11-16(22)21-6-8-25-9-7-21)17(23)12-26-18(24)15-10-13-4-2-3-5-14(13)19-15/h2-5,10,19H,6-9,11-12H2,1H3. The second-order valence-electron chi connectivity index (χ2n) is 6.09. The lowest BCUT2D eigenvalue weighted by atomic mass is 10.2. The van der Waals surface area contributed by atoms with Gasteiger partial charge in [0.2, 0.25) is 5.91 Å². The van der Waals surface area contributed by atoms with Gasteiger partial charge in [0, 0.05) is 31.0 Å². The van der Waals surface area contributed by atoms with Crippen molar-refractivity contribution in [2.45, 2.75) is 0 Å². The number of amides is 2. The molecule has 0 aliphatic carbocycles. The molecule has 0 atom stereocenters. The molecule has 2 aromatic rings. The molecule has 8 nitrogen and oxygen atoms in total. The molecule has 1 aromatic carbocycles. The highest BCUT2D eigenvalue weighted by Crippen LogP contribution is 2.15. The first kappa shape index (κ1) is 17.9. The molecular formula is C18H21N3O5. The minimum absolute atomic E-state index is 0.0528. The van der Waals surface area contributed by atoms with Gasteiger partial charge in [-0.3, -0.25) is 9.59 Å². The van der Waals surface area contributed by atoms with E-state index in [-0.39, 0.29) is 18.1 Å². The first-order valence-electron chi connectivity index (χ1n) is 8.39. The van der Waals surface area contributed by atoms with Crippen molar-refractivity contribution in [3.8, 4) is 0 Å². The topological polar surface area (TPSA) is 91.9 Å². The third-order valence-corrected chi connectivity index (χ3v) is 4.24. The minimum Gasteiger partial charge on any atom is -0.451 e. The van der Waals surface area contributed by atoms with Gasteiger partial charge in [0.25, 0.3) is 5.91 Å². The highest BCUT2D eigenvalue weighted by molar-refractivity contribution is 5.96. The fourth-order valence-electron chi connectivity index (χ4n) is 2.70. The lowest BCUT2D eigenvalue weighted by Crippen LogP contribution is -2.46. The maximum absolute atomic E-state index is 12.1. The van der Waals surface area contributed by atoms with E-state index in [0.29, 0.717) is 26.3 Å². The van der Waals surface area contributed by atoms with Crippen LogP contribution in [0.1, 0.15) is 10.5 Å². The quantitative estimate of drug-likeness (QED) is 0.791. The van der Waals surface area contributed by atoms with Crippen molar-refractivity contribution in [2.24, 2.45) is 0 Å². The molecule has 0 radical (unpaired) electrons. The van der Waals surface area contributed by atoms with Gasteiger partial charge in [-0.15, -0.1) is 0 Å². The number of aromatic nitrogens is 1. The summed E-state index contributed by atoms with van der Waals surface area (Å²) in [6.45, 7) is 1.59. The normalized spacial score (nSPS) is 14.3. The van der Waals surface area contributed by atoms with Crippen molar-refractivity contribution in [1.29, 1.82) is 0 Å². The lowest BCUT2D eigenvalue weighted by Gasteiger charge is -2.28. The zero-order valence-corrected chi connectivity index (χ0v) is 14.6. The molecule has 0 saturated carbocycles.